The van der Waals surface area contributed by atoms with Crippen molar-refractivity contribution in [2.45, 2.75) is 39.3 Å². The van der Waals surface area contributed by atoms with E-state index < -0.39 is 28.5 Å². The van der Waals surface area contributed by atoms with Crippen molar-refractivity contribution in [2.75, 3.05) is 23.7 Å². The molecule has 2 amide bonds. The number of halogens is 2. The van der Waals surface area contributed by atoms with Crippen LogP contribution in [-0.2, 0) is 26.2 Å². The van der Waals surface area contributed by atoms with Gasteiger partial charge in [-0.3, -0.25) is 13.9 Å². The van der Waals surface area contributed by atoms with Crippen LogP contribution in [0, 0.1) is 0 Å². The Morgan fingerprint density at radius 1 is 1.12 bits per heavy atom. The van der Waals surface area contributed by atoms with Gasteiger partial charge in [-0.25, -0.2) is 8.42 Å². The molecular formula is C23H29BrClN3O4S. The molecule has 1 atom stereocenters. The Balaban J connectivity index is 2.37. The summed E-state index contributed by atoms with van der Waals surface area (Å²) in [7, 11) is -3.78. The minimum Gasteiger partial charge on any atom is -0.354 e. The number of amides is 2. The monoisotopic (exact) mass is 557 g/mol. The van der Waals surface area contributed by atoms with E-state index in [-0.39, 0.29) is 12.5 Å². The number of unbranched alkanes of at least 4 members (excludes halogenated alkanes) is 1. The number of carbonyl (C=O) groups excluding carboxylic acids is 2. The van der Waals surface area contributed by atoms with E-state index in [1.54, 1.807) is 55.5 Å². The van der Waals surface area contributed by atoms with E-state index in [0.717, 1.165) is 23.4 Å². The van der Waals surface area contributed by atoms with Crippen LogP contribution in [0.25, 0.3) is 0 Å². The van der Waals surface area contributed by atoms with Crippen LogP contribution < -0.4 is 9.62 Å². The highest BCUT2D eigenvalue weighted by atomic mass is 79.9. The number of hydrogen-bond acceptors (Lipinski definition) is 4. The number of hydrogen-bond donors (Lipinski definition) is 1. The zero-order chi connectivity index (χ0) is 24.6. The summed E-state index contributed by atoms with van der Waals surface area (Å²) in [5.74, 6) is -0.829. The van der Waals surface area contributed by atoms with E-state index in [1.807, 2.05) is 6.92 Å². The van der Waals surface area contributed by atoms with E-state index in [9.17, 15) is 18.0 Å². The Labute approximate surface area is 209 Å². The lowest BCUT2D eigenvalue weighted by molar-refractivity contribution is -0.139. The molecule has 2 rings (SSSR count). The van der Waals surface area contributed by atoms with Crippen LogP contribution in [0.5, 0.6) is 0 Å². The second-order valence-electron chi connectivity index (χ2n) is 7.65. The summed E-state index contributed by atoms with van der Waals surface area (Å²) >= 11 is 9.66. The third kappa shape index (κ3) is 7.72. The van der Waals surface area contributed by atoms with E-state index in [4.69, 9.17) is 11.6 Å². The smallest absolute Gasteiger partial charge is 0.244 e. The first kappa shape index (κ1) is 27.1. The molecule has 1 N–H and O–H groups in total. The predicted molar refractivity (Wildman–Crippen MR) is 136 cm³/mol. The van der Waals surface area contributed by atoms with Crippen molar-refractivity contribution in [3.05, 3.63) is 63.6 Å². The van der Waals surface area contributed by atoms with Gasteiger partial charge in [-0.1, -0.05) is 55.3 Å². The predicted octanol–water partition coefficient (Wildman–Crippen LogP) is 4.20. The fourth-order valence-electron chi connectivity index (χ4n) is 3.18. The van der Waals surface area contributed by atoms with E-state index in [1.165, 1.54) is 4.90 Å². The minimum absolute atomic E-state index is 0.0639. The molecule has 7 nitrogen and oxygen atoms in total. The second-order valence-corrected chi connectivity index (χ2v) is 10.8. The van der Waals surface area contributed by atoms with Gasteiger partial charge in [-0.15, -0.1) is 0 Å². The Bertz CT molecular complexity index is 1080. The Hall–Kier alpha value is -2.10. The van der Waals surface area contributed by atoms with Crippen LogP contribution in [0.4, 0.5) is 5.69 Å². The fraction of sp³-hybridized carbons (Fsp3) is 0.391. The molecular weight excluding hydrogens is 530 g/mol. The molecule has 0 fully saturated rings. The van der Waals surface area contributed by atoms with Gasteiger partial charge in [-0.05, 0) is 53.0 Å². The maximum Gasteiger partial charge on any atom is 0.244 e. The lowest BCUT2D eigenvalue weighted by Gasteiger charge is -2.32. The van der Waals surface area contributed by atoms with Crippen LogP contribution in [0.2, 0.25) is 5.02 Å². The normalized spacial score (nSPS) is 12.2. The summed E-state index contributed by atoms with van der Waals surface area (Å²) < 4.78 is 26.7. The van der Waals surface area contributed by atoms with Crippen molar-refractivity contribution < 1.29 is 18.0 Å². The van der Waals surface area contributed by atoms with Crippen molar-refractivity contribution in [2.24, 2.45) is 0 Å². The quantitative estimate of drug-likeness (QED) is 0.419. The Morgan fingerprint density at radius 3 is 2.36 bits per heavy atom. The Kier molecular flexibility index (Phi) is 10.2. The summed E-state index contributed by atoms with van der Waals surface area (Å²) in [5, 5.41) is 3.30. The number of rotatable bonds is 11. The summed E-state index contributed by atoms with van der Waals surface area (Å²) in [6, 6.07) is 13.0. The number of carbonyl (C=O) groups is 2. The van der Waals surface area contributed by atoms with Crippen LogP contribution in [0.15, 0.2) is 53.0 Å². The summed E-state index contributed by atoms with van der Waals surface area (Å²) in [6.07, 6.45) is 2.78. The molecule has 33 heavy (non-hydrogen) atoms. The van der Waals surface area contributed by atoms with Gasteiger partial charge in [0.15, 0.2) is 0 Å². The van der Waals surface area contributed by atoms with E-state index >= 15 is 0 Å². The summed E-state index contributed by atoms with van der Waals surface area (Å²) in [4.78, 5) is 27.6. The Morgan fingerprint density at radius 2 is 1.76 bits per heavy atom. The third-order valence-corrected chi connectivity index (χ3v) is 7.26. The molecule has 2 aromatic carbocycles. The molecule has 0 bridgehead atoms. The number of nitrogens with zero attached hydrogens (tertiary/aromatic N) is 2. The zero-order valence-corrected chi connectivity index (χ0v) is 22.1. The molecule has 2 aromatic rings. The van der Waals surface area contributed by atoms with Crippen LogP contribution in [0.1, 0.15) is 32.3 Å². The minimum atomic E-state index is -3.78. The molecule has 0 saturated carbocycles. The van der Waals surface area contributed by atoms with Gasteiger partial charge in [0.05, 0.1) is 11.9 Å². The zero-order valence-electron chi connectivity index (χ0n) is 18.9. The summed E-state index contributed by atoms with van der Waals surface area (Å²) in [5.41, 5.74) is 0.999. The summed E-state index contributed by atoms with van der Waals surface area (Å²) in [6.45, 7) is 3.75. The van der Waals surface area contributed by atoms with Crippen molar-refractivity contribution in [3.8, 4) is 0 Å². The number of para-hydroxylation sites is 1. The topological polar surface area (TPSA) is 86.8 Å². The van der Waals surface area contributed by atoms with E-state index in [2.05, 4.69) is 21.2 Å². The molecule has 0 aliphatic carbocycles. The molecule has 0 saturated heterocycles. The molecule has 180 valence electrons. The molecule has 10 heteroatoms. The maximum atomic E-state index is 13.5. The fourth-order valence-corrected chi connectivity index (χ4v) is 4.85. The van der Waals surface area contributed by atoms with E-state index in [0.29, 0.717) is 27.3 Å². The molecule has 0 aromatic heterocycles. The van der Waals surface area contributed by atoms with Gasteiger partial charge in [0, 0.05) is 22.6 Å². The van der Waals surface area contributed by atoms with Crippen LogP contribution >= 0.6 is 27.5 Å². The van der Waals surface area contributed by atoms with Crippen molar-refractivity contribution in [1.82, 2.24) is 10.2 Å². The largest absolute Gasteiger partial charge is 0.354 e. The van der Waals surface area contributed by atoms with Crippen LogP contribution in [0.3, 0.4) is 0 Å². The average Bonchev–Trinajstić information content (AvgIpc) is 2.76. The first-order valence-corrected chi connectivity index (χ1v) is 13.6. The standard InChI is InChI=1S/C23H29BrClN3O4S/c1-4-5-14-26-23(30)17(2)27(15-18-10-6-8-12-20(18)25)22(29)16-28(33(3,31)32)21-13-9-7-11-19(21)24/h6-13,17H,4-5,14-16H2,1-3H3,(H,26,30)/t17-/m1/s1. The molecule has 0 spiro atoms. The lowest BCUT2D eigenvalue weighted by atomic mass is 10.1. The van der Waals surface area contributed by atoms with Crippen molar-refractivity contribution in [3.63, 3.8) is 0 Å². The number of sulfonamides is 1. The first-order valence-electron chi connectivity index (χ1n) is 10.6. The molecule has 0 radical (unpaired) electrons. The molecule has 0 unspecified atom stereocenters. The number of benzene rings is 2. The van der Waals surface area contributed by atoms with Crippen molar-refractivity contribution in [1.29, 1.82) is 0 Å². The molecule has 0 heterocycles. The SMILES string of the molecule is CCCCNC(=O)[C@@H](C)N(Cc1ccccc1Cl)C(=O)CN(c1ccccc1Br)S(C)(=O)=O. The first-order chi connectivity index (χ1) is 15.6. The van der Waals surface area contributed by atoms with Gasteiger partial charge in [0.2, 0.25) is 21.8 Å². The molecule has 0 aliphatic rings. The number of anilines is 1. The van der Waals surface area contributed by atoms with Crippen molar-refractivity contribution >= 4 is 55.1 Å². The van der Waals surface area contributed by atoms with Gasteiger partial charge in [0.1, 0.15) is 12.6 Å². The van der Waals surface area contributed by atoms with Gasteiger partial charge in [0.25, 0.3) is 0 Å². The second kappa shape index (κ2) is 12.4. The highest BCUT2D eigenvalue weighted by molar-refractivity contribution is 9.10. The van der Waals surface area contributed by atoms with Gasteiger partial charge in [-0.2, -0.15) is 0 Å². The maximum absolute atomic E-state index is 13.5. The number of nitrogens with one attached hydrogen (secondary N) is 1. The van der Waals surface area contributed by atoms with Gasteiger partial charge >= 0.3 is 0 Å². The highest BCUT2D eigenvalue weighted by Crippen LogP contribution is 2.28. The molecule has 0 aliphatic heterocycles. The highest BCUT2D eigenvalue weighted by Gasteiger charge is 2.30. The lowest BCUT2D eigenvalue weighted by Crippen LogP contribution is -2.51. The third-order valence-electron chi connectivity index (χ3n) is 5.10. The van der Waals surface area contributed by atoms with Crippen LogP contribution in [-0.4, -0.2) is 50.5 Å². The average molecular weight is 559 g/mol. The van der Waals surface area contributed by atoms with Gasteiger partial charge < -0.3 is 10.2 Å².